The van der Waals surface area contributed by atoms with E-state index in [-0.39, 0.29) is 0 Å². The Kier molecular flexibility index (Phi) is 6.13. The number of rotatable bonds is 6. The molecule has 0 radical (unpaired) electrons. The highest BCUT2D eigenvalue weighted by Crippen LogP contribution is 2.30. The van der Waals surface area contributed by atoms with Crippen LogP contribution in [-0.2, 0) is 24.5 Å². The van der Waals surface area contributed by atoms with E-state index in [9.17, 15) is 0 Å². The Morgan fingerprint density at radius 1 is 0.909 bits per heavy atom. The number of benzene rings is 3. The second kappa shape index (κ2) is 9.35. The van der Waals surface area contributed by atoms with E-state index in [4.69, 9.17) is 37.7 Å². The van der Waals surface area contributed by atoms with E-state index in [2.05, 4.69) is 10.2 Å². The zero-order valence-electron chi connectivity index (χ0n) is 17.8. The maximum absolute atomic E-state index is 6.50. The lowest BCUT2D eigenvalue weighted by Crippen LogP contribution is -2.11. The largest absolute Gasteiger partial charge is 0.497 e. The summed E-state index contributed by atoms with van der Waals surface area (Å²) >= 11 is 12.9. The van der Waals surface area contributed by atoms with Crippen molar-refractivity contribution in [3.05, 3.63) is 105 Å². The van der Waals surface area contributed by atoms with Gasteiger partial charge in [-0.05, 0) is 42.0 Å². The van der Waals surface area contributed by atoms with Gasteiger partial charge in [0, 0.05) is 21.2 Å². The Morgan fingerprint density at radius 3 is 2.52 bits per heavy atom. The van der Waals surface area contributed by atoms with E-state index in [1.165, 1.54) is 0 Å². The summed E-state index contributed by atoms with van der Waals surface area (Å²) in [6.45, 7) is 1.10. The van der Waals surface area contributed by atoms with E-state index in [0.29, 0.717) is 35.6 Å². The molecule has 0 N–H and O–H groups in total. The van der Waals surface area contributed by atoms with Gasteiger partial charge in [-0.1, -0.05) is 53.5 Å². The summed E-state index contributed by atoms with van der Waals surface area (Å²) < 4.78 is 13.2. The number of methoxy groups -OCH3 is 1. The van der Waals surface area contributed by atoms with Gasteiger partial charge in [0.2, 0.25) is 0 Å². The number of hydrogen-bond donors (Lipinski definition) is 0. The van der Waals surface area contributed by atoms with Gasteiger partial charge >= 0.3 is 0 Å². The summed E-state index contributed by atoms with van der Waals surface area (Å²) in [6.07, 6.45) is 0. The van der Waals surface area contributed by atoms with Gasteiger partial charge in [0.1, 0.15) is 18.9 Å². The molecule has 0 unspecified atom stereocenters. The number of aliphatic imine (C=N–C) groups is 1. The summed E-state index contributed by atoms with van der Waals surface area (Å²) in [7, 11) is 1.65. The molecule has 1 aliphatic rings. The van der Waals surface area contributed by atoms with Crippen LogP contribution >= 0.6 is 23.2 Å². The number of hydrogen-bond acceptors (Lipinski definition) is 5. The van der Waals surface area contributed by atoms with Crippen LogP contribution < -0.4 is 4.74 Å². The average Bonchev–Trinajstić information content (AvgIpc) is 3.16. The van der Waals surface area contributed by atoms with Gasteiger partial charge in [0.15, 0.2) is 11.6 Å². The Bertz CT molecular complexity index is 1330. The van der Waals surface area contributed by atoms with Crippen LogP contribution in [0.15, 0.2) is 71.7 Å². The highest BCUT2D eigenvalue weighted by atomic mass is 35.5. The highest BCUT2D eigenvalue weighted by molar-refractivity contribution is 6.36. The molecule has 33 heavy (non-hydrogen) atoms. The fourth-order valence-corrected chi connectivity index (χ4v) is 4.22. The molecule has 0 atom stereocenters. The number of fused-ring (bicyclic) bond motifs is 3. The van der Waals surface area contributed by atoms with Crippen LogP contribution in [-0.4, -0.2) is 27.6 Å². The maximum atomic E-state index is 6.50. The van der Waals surface area contributed by atoms with Crippen LogP contribution in [0.3, 0.4) is 0 Å². The first kappa shape index (κ1) is 21.6. The predicted molar refractivity (Wildman–Crippen MR) is 129 cm³/mol. The highest BCUT2D eigenvalue weighted by Gasteiger charge is 2.24. The van der Waals surface area contributed by atoms with Crippen molar-refractivity contribution in [1.82, 2.24) is 14.8 Å². The molecule has 2 heterocycles. The lowest BCUT2D eigenvalue weighted by Gasteiger charge is -2.15. The molecule has 0 spiro atoms. The van der Waals surface area contributed by atoms with Crippen LogP contribution in [0.5, 0.6) is 5.75 Å². The van der Waals surface area contributed by atoms with Gasteiger partial charge in [-0.3, -0.25) is 9.56 Å². The molecule has 1 aromatic heterocycles. The average molecular weight is 479 g/mol. The molecule has 3 aromatic carbocycles. The van der Waals surface area contributed by atoms with Crippen molar-refractivity contribution in [1.29, 1.82) is 0 Å². The third-order valence-corrected chi connectivity index (χ3v) is 5.98. The van der Waals surface area contributed by atoms with Crippen LogP contribution in [0.25, 0.3) is 5.69 Å². The Labute approximate surface area is 201 Å². The van der Waals surface area contributed by atoms with E-state index in [1.54, 1.807) is 7.11 Å². The van der Waals surface area contributed by atoms with Crippen LogP contribution in [0.2, 0.25) is 10.0 Å². The molecule has 4 aromatic rings. The monoisotopic (exact) mass is 478 g/mol. The van der Waals surface area contributed by atoms with Gasteiger partial charge in [-0.25, -0.2) is 0 Å². The molecule has 6 nitrogen and oxygen atoms in total. The van der Waals surface area contributed by atoms with E-state index >= 15 is 0 Å². The molecule has 8 heteroatoms. The van der Waals surface area contributed by atoms with Crippen molar-refractivity contribution in [2.24, 2.45) is 4.99 Å². The normalized spacial score (nSPS) is 12.5. The predicted octanol–water partition coefficient (Wildman–Crippen LogP) is 5.65. The van der Waals surface area contributed by atoms with Gasteiger partial charge in [0.25, 0.3) is 0 Å². The molecule has 1 aliphatic heterocycles. The molecule has 0 saturated carbocycles. The first-order chi connectivity index (χ1) is 16.1. The van der Waals surface area contributed by atoms with Crippen molar-refractivity contribution in [2.45, 2.75) is 19.8 Å². The van der Waals surface area contributed by atoms with Crippen molar-refractivity contribution in [3.8, 4) is 11.4 Å². The van der Waals surface area contributed by atoms with Crippen molar-refractivity contribution in [3.63, 3.8) is 0 Å². The zero-order valence-corrected chi connectivity index (χ0v) is 19.3. The lowest BCUT2D eigenvalue weighted by molar-refractivity contribution is 0.100. The SMILES string of the molecule is COc1ccc(COCc2nnc3n2-c2ccc(Cl)cc2C(c2ccccc2Cl)=NC3)cc1. The number of nitrogens with zero attached hydrogens (tertiary/aromatic N) is 4. The molecule has 5 rings (SSSR count). The van der Waals surface area contributed by atoms with Crippen molar-refractivity contribution >= 4 is 28.9 Å². The van der Waals surface area contributed by atoms with Crippen molar-refractivity contribution < 1.29 is 9.47 Å². The summed E-state index contributed by atoms with van der Waals surface area (Å²) in [6, 6.07) is 21.1. The zero-order chi connectivity index (χ0) is 22.8. The topological polar surface area (TPSA) is 61.5 Å². The Balaban J connectivity index is 1.46. The number of ether oxygens (including phenoxy) is 2. The first-order valence-corrected chi connectivity index (χ1v) is 11.1. The van der Waals surface area contributed by atoms with Gasteiger partial charge < -0.3 is 9.47 Å². The van der Waals surface area contributed by atoms with Gasteiger partial charge in [-0.2, -0.15) is 0 Å². The first-order valence-electron chi connectivity index (χ1n) is 10.4. The molecular weight excluding hydrogens is 459 g/mol. The third kappa shape index (κ3) is 4.37. The minimum absolute atomic E-state index is 0.294. The summed E-state index contributed by atoms with van der Waals surface area (Å²) in [5, 5.41) is 10.00. The van der Waals surface area contributed by atoms with Gasteiger partial charge in [-0.15, -0.1) is 10.2 Å². The molecular formula is C25H20Cl2N4O2. The van der Waals surface area contributed by atoms with E-state index in [0.717, 1.165) is 39.7 Å². The standard InChI is InChI=1S/C25H20Cl2N4O2/c1-32-18-9-6-16(7-10-18)14-33-15-24-30-29-23-13-28-25(19-4-2-3-5-21(19)27)20-12-17(26)8-11-22(20)31(23)24/h2-12H,13-15H2,1H3. The smallest absolute Gasteiger partial charge is 0.163 e. The van der Waals surface area contributed by atoms with E-state index < -0.39 is 0 Å². The second-order valence-electron chi connectivity index (χ2n) is 7.51. The molecule has 166 valence electrons. The summed E-state index contributed by atoms with van der Waals surface area (Å²) in [5.41, 5.74) is 4.42. The molecule has 0 amide bonds. The fourth-order valence-electron chi connectivity index (χ4n) is 3.82. The van der Waals surface area contributed by atoms with Crippen LogP contribution in [0, 0.1) is 0 Å². The minimum atomic E-state index is 0.294. The van der Waals surface area contributed by atoms with Crippen LogP contribution in [0.4, 0.5) is 0 Å². The number of aromatic nitrogens is 3. The second-order valence-corrected chi connectivity index (χ2v) is 8.36. The van der Waals surface area contributed by atoms with Crippen molar-refractivity contribution in [2.75, 3.05) is 7.11 Å². The van der Waals surface area contributed by atoms with Gasteiger partial charge in [0.05, 0.1) is 25.1 Å². The number of halogens is 2. The summed E-state index contributed by atoms with van der Waals surface area (Å²) in [5.74, 6) is 2.23. The lowest BCUT2D eigenvalue weighted by atomic mass is 10.0. The Hall–Kier alpha value is -3.19. The molecule has 0 aliphatic carbocycles. The minimum Gasteiger partial charge on any atom is -0.497 e. The summed E-state index contributed by atoms with van der Waals surface area (Å²) in [4.78, 5) is 4.83. The molecule has 0 saturated heterocycles. The van der Waals surface area contributed by atoms with E-state index in [1.807, 2.05) is 71.3 Å². The third-order valence-electron chi connectivity index (χ3n) is 5.42. The molecule has 0 fully saturated rings. The van der Waals surface area contributed by atoms with Crippen LogP contribution in [0.1, 0.15) is 28.3 Å². The maximum Gasteiger partial charge on any atom is 0.163 e. The fraction of sp³-hybridized carbons (Fsp3) is 0.160. The quantitative estimate of drug-likeness (QED) is 0.359. The Morgan fingerprint density at radius 2 is 1.73 bits per heavy atom. The molecule has 0 bridgehead atoms.